The first-order chi connectivity index (χ1) is 11.9. The Morgan fingerprint density at radius 1 is 1.12 bits per heavy atom. The first-order valence-electron chi connectivity index (χ1n) is 9.37. The first-order valence-corrected chi connectivity index (χ1v) is 9.37. The maximum Gasteiger partial charge on any atom is 0.494 e. The molecule has 0 radical (unpaired) electrons. The zero-order chi connectivity index (χ0) is 19.3. The van der Waals surface area contributed by atoms with Gasteiger partial charge in [0.2, 0.25) is 0 Å². The number of ether oxygens (including phenoxy) is 1. The molecule has 0 bridgehead atoms. The molecule has 1 aliphatic carbocycles. The lowest BCUT2D eigenvalue weighted by Crippen LogP contribution is -2.41. The van der Waals surface area contributed by atoms with Gasteiger partial charge in [0.15, 0.2) is 0 Å². The topological polar surface area (TPSA) is 56.8 Å². The standard InChI is InChI=1S/C20H30BNO4/c1-18(2,3)24-17(23)22-16-11-14(13-8-9-13)10-15(12-16)21-25-19(4,5)20(6,7)26-21/h10-13H,8-9H2,1-7H3,(H,22,23). The largest absolute Gasteiger partial charge is 0.494 e. The molecule has 1 saturated heterocycles. The molecule has 1 amide bonds. The van der Waals surface area contributed by atoms with Gasteiger partial charge >= 0.3 is 13.2 Å². The minimum Gasteiger partial charge on any atom is -0.444 e. The van der Waals surface area contributed by atoms with Crippen molar-refractivity contribution in [3.63, 3.8) is 0 Å². The molecular formula is C20H30BNO4. The minimum atomic E-state index is -0.535. The molecule has 26 heavy (non-hydrogen) atoms. The SMILES string of the molecule is CC(C)(C)OC(=O)Nc1cc(B2OC(C)(C)C(C)(C)O2)cc(C2CC2)c1. The number of hydrogen-bond donors (Lipinski definition) is 1. The van der Waals surface area contributed by atoms with E-state index in [0.29, 0.717) is 11.6 Å². The molecule has 5 nitrogen and oxygen atoms in total. The van der Waals surface area contributed by atoms with Crippen molar-refractivity contribution in [2.75, 3.05) is 5.32 Å². The Labute approximate surface area is 156 Å². The number of carbonyl (C=O) groups is 1. The highest BCUT2D eigenvalue weighted by Crippen LogP contribution is 2.41. The van der Waals surface area contributed by atoms with Crippen LogP contribution in [0.3, 0.4) is 0 Å². The van der Waals surface area contributed by atoms with Crippen LogP contribution >= 0.6 is 0 Å². The van der Waals surface area contributed by atoms with E-state index in [1.54, 1.807) is 0 Å². The smallest absolute Gasteiger partial charge is 0.444 e. The summed E-state index contributed by atoms with van der Waals surface area (Å²) in [6, 6.07) is 6.08. The van der Waals surface area contributed by atoms with Gasteiger partial charge in [0.05, 0.1) is 11.2 Å². The second-order valence-corrected chi connectivity index (χ2v) is 9.38. The van der Waals surface area contributed by atoms with Crippen molar-refractivity contribution < 1.29 is 18.8 Å². The molecule has 1 N–H and O–H groups in total. The van der Waals surface area contributed by atoms with Crippen LogP contribution in [0.1, 0.15) is 72.8 Å². The third-order valence-electron chi connectivity index (χ3n) is 5.20. The Morgan fingerprint density at radius 2 is 1.69 bits per heavy atom. The molecule has 6 heteroatoms. The van der Waals surface area contributed by atoms with Gasteiger partial charge in [0.25, 0.3) is 0 Å². The zero-order valence-corrected chi connectivity index (χ0v) is 16.9. The van der Waals surface area contributed by atoms with E-state index in [9.17, 15) is 4.79 Å². The Morgan fingerprint density at radius 3 is 2.19 bits per heavy atom. The van der Waals surface area contributed by atoms with Crippen LogP contribution in [0.5, 0.6) is 0 Å². The normalized spacial score (nSPS) is 21.6. The summed E-state index contributed by atoms with van der Waals surface area (Å²) in [4.78, 5) is 12.2. The van der Waals surface area contributed by atoms with Gasteiger partial charge in [-0.3, -0.25) is 5.32 Å². The highest BCUT2D eigenvalue weighted by atomic mass is 16.7. The lowest BCUT2D eigenvalue weighted by Gasteiger charge is -2.32. The molecule has 1 aromatic rings. The van der Waals surface area contributed by atoms with Crippen molar-refractivity contribution in [1.29, 1.82) is 0 Å². The second kappa shape index (κ2) is 6.27. The lowest BCUT2D eigenvalue weighted by molar-refractivity contribution is 0.00578. The van der Waals surface area contributed by atoms with Gasteiger partial charge in [-0.15, -0.1) is 0 Å². The highest BCUT2D eigenvalue weighted by Gasteiger charge is 2.51. The van der Waals surface area contributed by atoms with Gasteiger partial charge in [-0.25, -0.2) is 4.79 Å². The summed E-state index contributed by atoms with van der Waals surface area (Å²) in [5.74, 6) is 0.552. The van der Waals surface area contributed by atoms with Crippen molar-refractivity contribution in [3.05, 3.63) is 23.8 Å². The van der Waals surface area contributed by atoms with Crippen LogP contribution in [0.15, 0.2) is 18.2 Å². The Kier molecular flexibility index (Phi) is 4.64. The van der Waals surface area contributed by atoms with Crippen molar-refractivity contribution in [1.82, 2.24) is 0 Å². The summed E-state index contributed by atoms with van der Waals surface area (Å²) < 4.78 is 17.7. The predicted octanol–water partition coefficient (Wildman–Crippen LogP) is 4.21. The lowest BCUT2D eigenvalue weighted by atomic mass is 9.77. The van der Waals surface area contributed by atoms with Crippen LogP contribution in [0.2, 0.25) is 0 Å². The maximum atomic E-state index is 12.2. The van der Waals surface area contributed by atoms with Crippen LogP contribution in [-0.2, 0) is 14.0 Å². The fraction of sp³-hybridized carbons (Fsp3) is 0.650. The van der Waals surface area contributed by atoms with E-state index in [2.05, 4.69) is 11.4 Å². The molecule has 142 valence electrons. The molecular weight excluding hydrogens is 329 g/mol. The van der Waals surface area contributed by atoms with E-state index in [0.717, 1.165) is 5.46 Å². The molecule has 1 saturated carbocycles. The molecule has 2 fully saturated rings. The molecule has 1 aliphatic heterocycles. The van der Waals surface area contributed by atoms with Gasteiger partial charge in [-0.2, -0.15) is 0 Å². The van der Waals surface area contributed by atoms with Crippen molar-refractivity contribution in [2.24, 2.45) is 0 Å². The minimum absolute atomic E-state index is 0.397. The summed E-state index contributed by atoms with van der Waals surface area (Å²) in [5, 5.41) is 2.85. The fourth-order valence-corrected chi connectivity index (χ4v) is 2.94. The summed E-state index contributed by atoms with van der Waals surface area (Å²) in [6.45, 7) is 13.7. The molecule has 0 aromatic heterocycles. The predicted molar refractivity (Wildman–Crippen MR) is 104 cm³/mol. The van der Waals surface area contributed by atoms with E-state index >= 15 is 0 Å². The van der Waals surface area contributed by atoms with Gasteiger partial charge in [0.1, 0.15) is 5.60 Å². The average molecular weight is 359 g/mol. The molecule has 1 heterocycles. The number of anilines is 1. The number of amides is 1. The maximum absolute atomic E-state index is 12.2. The molecule has 3 rings (SSSR count). The molecule has 2 aliphatic rings. The number of rotatable bonds is 3. The molecule has 0 unspecified atom stereocenters. The van der Waals surface area contributed by atoms with E-state index in [1.165, 1.54) is 18.4 Å². The zero-order valence-electron chi connectivity index (χ0n) is 16.9. The van der Waals surface area contributed by atoms with Crippen LogP contribution in [-0.4, -0.2) is 30.0 Å². The second-order valence-electron chi connectivity index (χ2n) is 9.38. The Bertz CT molecular complexity index is 688. The third-order valence-corrected chi connectivity index (χ3v) is 5.20. The van der Waals surface area contributed by atoms with Crippen molar-refractivity contribution >= 4 is 24.4 Å². The fourth-order valence-electron chi connectivity index (χ4n) is 2.94. The quantitative estimate of drug-likeness (QED) is 0.822. The van der Waals surface area contributed by atoms with E-state index in [1.807, 2.05) is 60.6 Å². The monoisotopic (exact) mass is 359 g/mol. The van der Waals surface area contributed by atoms with Gasteiger partial charge < -0.3 is 14.0 Å². The number of carbonyl (C=O) groups excluding carboxylic acids is 1. The highest BCUT2D eigenvalue weighted by molar-refractivity contribution is 6.62. The number of nitrogens with one attached hydrogen (secondary N) is 1. The average Bonchev–Trinajstić information content (AvgIpc) is 3.24. The van der Waals surface area contributed by atoms with Gasteiger partial charge in [0, 0.05) is 5.69 Å². The number of benzene rings is 1. The molecule has 0 spiro atoms. The Hall–Kier alpha value is -1.53. The van der Waals surface area contributed by atoms with E-state index in [-0.39, 0.29) is 0 Å². The Balaban J connectivity index is 1.85. The number of hydrogen-bond acceptors (Lipinski definition) is 4. The third kappa shape index (κ3) is 4.23. The molecule has 0 atom stereocenters. The van der Waals surface area contributed by atoms with Crippen LogP contribution < -0.4 is 10.8 Å². The van der Waals surface area contributed by atoms with Crippen LogP contribution in [0.4, 0.5) is 10.5 Å². The van der Waals surface area contributed by atoms with Crippen molar-refractivity contribution in [3.8, 4) is 0 Å². The summed E-state index contributed by atoms with van der Waals surface area (Å²) in [5.41, 5.74) is 1.53. The van der Waals surface area contributed by atoms with Gasteiger partial charge in [-0.05, 0) is 90.4 Å². The van der Waals surface area contributed by atoms with E-state index in [4.69, 9.17) is 14.0 Å². The summed E-state index contributed by atoms with van der Waals surface area (Å²) in [7, 11) is -0.446. The molecule has 1 aromatic carbocycles. The summed E-state index contributed by atoms with van der Waals surface area (Å²) in [6.07, 6.45) is 1.91. The summed E-state index contributed by atoms with van der Waals surface area (Å²) >= 11 is 0. The van der Waals surface area contributed by atoms with Crippen LogP contribution in [0, 0.1) is 0 Å². The van der Waals surface area contributed by atoms with Crippen LogP contribution in [0.25, 0.3) is 0 Å². The van der Waals surface area contributed by atoms with Gasteiger partial charge in [-0.1, -0.05) is 6.07 Å². The van der Waals surface area contributed by atoms with E-state index < -0.39 is 30.0 Å². The first kappa shape index (κ1) is 19.2. The van der Waals surface area contributed by atoms with Crippen molar-refractivity contribution in [2.45, 2.75) is 84.0 Å².